The first-order valence-corrected chi connectivity index (χ1v) is 11.0. The second kappa shape index (κ2) is 8.73. The average Bonchev–Trinajstić information content (AvgIpc) is 2.61. The summed E-state index contributed by atoms with van der Waals surface area (Å²) in [7, 11) is -3.70. The van der Waals surface area contributed by atoms with Crippen LogP contribution in [0.4, 0.5) is 10.1 Å². The Kier molecular flexibility index (Phi) is 6.82. The lowest BCUT2D eigenvalue weighted by atomic mass is 10.1. The number of halogens is 1. The fraction of sp³-hybridized carbons (Fsp3) is 0.381. The van der Waals surface area contributed by atoms with Crippen molar-refractivity contribution in [1.29, 1.82) is 0 Å². The largest absolute Gasteiger partial charge is 0.348 e. The van der Waals surface area contributed by atoms with Crippen LogP contribution < -0.4 is 9.62 Å². The molecule has 0 fully saturated rings. The Morgan fingerprint density at radius 1 is 1.14 bits per heavy atom. The molecule has 0 saturated carbocycles. The van der Waals surface area contributed by atoms with Gasteiger partial charge in [-0.3, -0.25) is 9.10 Å². The fourth-order valence-corrected chi connectivity index (χ4v) is 4.40. The van der Waals surface area contributed by atoms with E-state index in [9.17, 15) is 17.6 Å². The first-order chi connectivity index (χ1) is 13.0. The molecule has 2 rings (SSSR count). The summed E-state index contributed by atoms with van der Waals surface area (Å²) in [5, 5.41) is 2.86. The highest BCUT2D eigenvalue weighted by Crippen LogP contribution is 2.28. The maximum Gasteiger partial charge on any atom is 0.244 e. The Labute approximate surface area is 166 Å². The Bertz CT molecular complexity index is 943. The molecule has 2 aromatic carbocycles. The lowest BCUT2D eigenvalue weighted by Crippen LogP contribution is -2.50. The van der Waals surface area contributed by atoms with Crippen LogP contribution in [0.2, 0.25) is 0 Å². The van der Waals surface area contributed by atoms with Gasteiger partial charge in [-0.1, -0.05) is 31.2 Å². The first-order valence-electron chi connectivity index (χ1n) is 9.17. The molecular formula is C21H27FN2O3S. The van der Waals surface area contributed by atoms with Gasteiger partial charge in [0.2, 0.25) is 15.9 Å². The Balaban J connectivity index is 2.36. The van der Waals surface area contributed by atoms with Crippen molar-refractivity contribution in [3.8, 4) is 0 Å². The molecule has 0 bridgehead atoms. The highest BCUT2D eigenvalue weighted by atomic mass is 32.2. The van der Waals surface area contributed by atoms with Crippen LogP contribution in [0.15, 0.2) is 42.5 Å². The number of anilines is 1. The van der Waals surface area contributed by atoms with Crippen molar-refractivity contribution >= 4 is 21.6 Å². The normalized spacial score (nSPS) is 13.6. The minimum Gasteiger partial charge on any atom is -0.348 e. The van der Waals surface area contributed by atoms with Gasteiger partial charge < -0.3 is 5.32 Å². The van der Waals surface area contributed by atoms with Gasteiger partial charge in [-0.15, -0.1) is 0 Å². The summed E-state index contributed by atoms with van der Waals surface area (Å²) in [5.74, 6) is -0.752. The van der Waals surface area contributed by atoms with Gasteiger partial charge in [0, 0.05) is 0 Å². The number of benzene rings is 2. The zero-order chi connectivity index (χ0) is 21.1. The monoisotopic (exact) mass is 406 g/mol. The molecule has 7 heteroatoms. The number of hydrogen-bond acceptors (Lipinski definition) is 3. The molecular weight excluding hydrogens is 379 g/mol. The Hall–Kier alpha value is -2.41. The van der Waals surface area contributed by atoms with E-state index in [2.05, 4.69) is 5.32 Å². The Morgan fingerprint density at radius 2 is 1.75 bits per heavy atom. The van der Waals surface area contributed by atoms with Crippen LogP contribution in [0.1, 0.15) is 43.0 Å². The topological polar surface area (TPSA) is 66.5 Å². The summed E-state index contributed by atoms with van der Waals surface area (Å²) < 4.78 is 39.5. The smallest absolute Gasteiger partial charge is 0.244 e. The van der Waals surface area contributed by atoms with Gasteiger partial charge in [0.15, 0.2) is 0 Å². The van der Waals surface area contributed by atoms with E-state index in [1.165, 1.54) is 16.4 Å². The molecule has 1 amide bonds. The Morgan fingerprint density at radius 3 is 2.29 bits per heavy atom. The van der Waals surface area contributed by atoms with E-state index in [1.807, 2.05) is 26.0 Å². The van der Waals surface area contributed by atoms with Crippen LogP contribution in [0, 0.1) is 19.7 Å². The van der Waals surface area contributed by atoms with Crippen LogP contribution in [0.5, 0.6) is 0 Å². The number of amides is 1. The molecule has 28 heavy (non-hydrogen) atoms. The molecule has 0 aromatic heterocycles. The van der Waals surface area contributed by atoms with Crippen molar-refractivity contribution in [2.24, 2.45) is 0 Å². The standard InChI is InChI=1S/C21H27FN2O3S/c1-6-19(21(25)23-16(4)17-9-11-18(22)12-10-17)24(28(5,26)27)20-13-14(2)7-8-15(20)3/h7-13,16,19H,6H2,1-5H3,(H,23,25). The van der Waals surface area contributed by atoms with E-state index in [4.69, 9.17) is 0 Å². The summed E-state index contributed by atoms with van der Waals surface area (Å²) in [6.07, 6.45) is 1.41. The second-order valence-electron chi connectivity index (χ2n) is 7.05. The predicted molar refractivity (Wildman–Crippen MR) is 110 cm³/mol. The highest BCUT2D eigenvalue weighted by molar-refractivity contribution is 7.92. The van der Waals surface area contributed by atoms with E-state index in [0.29, 0.717) is 12.1 Å². The van der Waals surface area contributed by atoms with E-state index in [0.717, 1.165) is 22.9 Å². The molecule has 5 nitrogen and oxygen atoms in total. The van der Waals surface area contributed by atoms with Gasteiger partial charge in [-0.2, -0.15) is 0 Å². The number of sulfonamides is 1. The molecule has 0 aliphatic carbocycles. The van der Waals surface area contributed by atoms with Crippen molar-refractivity contribution in [2.45, 2.75) is 46.2 Å². The molecule has 2 atom stereocenters. The zero-order valence-electron chi connectivity index (χ0n) is 16.9. The maximum atomic E-state index is 13.1. The molecule has 0 saturated heterocycles. The van der Waals surface area contributed by atoms with Crippen LogP contribution in [0.25, 0.3) is 0 Å². The number of carbonyl (C=O) groups excluding carboxylic acids is 1. The van der Waals surface area contributed by atoms with Gasteiger partial charge in [0.1, 0.15) is 11.9 Å². The maximum absolute atomic E-state index is 13.1. The molecule has 1 N–H and O–H groups in total. The minimum atomic E-state index is -3.70. The molecule has 0 aliphatic rings. The number of hydrogen-bond donors (Lipinski definition) is 1. The summed E-state index contributed by atoms with van der Waals surface area (Å²) in [6.45, 7) is 7.25. The third-order valence-corrected chi connectivity index (χ3v) is 5.83. The van der Waals surface area contributed by atoms with E-state index in [1.54, 1.807) is 32.0 Å². The van der Waals surface area contributed by atoms with E-state index in [-0.39, 0.29) is 11.9 Å². The predicted octanol–water partition coefficient (Wildman–Crippen LogP) is 3.86. The summed E-state index contributed by atoms with van der Waals surface area (Å²) >= 11 is 0. The molecule has 2 unspecified atom stereocenters. The fourth-order valence-electron chi connectivity index (χ4n) is 3.14. The van der Waals surface area contributed by atoms with Crippen LogP contribution in [-0.2, 0) is 14.8 Å². The van der Waals surface area contributed by atoms with Gasteiger partial charge in [-0.05, 0) is 62.1 Å². The quantitative estimate of drug-likeness (QED) is 0.759. The van der Waals surface area contributed by atoms with Crippen molar-refractivity contribution in [3.05, 3.63) is 65.0 Å². The van der Waals surface area contributed by atoms with Crippen molar-refractivity contribution in [1.82, 2.24) is 5.32 Å². The molecule has 0 spiro atoms. The zero-order valence-corrected chi connectivity index (χ0v) is 17.7. The first kappa shape index (κ1) is 21.9. The van der Waals surface area contributed by atoms with E-state index < -0.39 is 22.0 Å². The lowest BCUT2D eigenvalue weighted by Gasteiger charge is -2.32. The summed E-state index contributed by atoms with van der Waals surface area (Å²) in [6, 6.07) is 10.1. The number of nitrogens with one attached hydrogen (secondary N) is 1. The van der Waals surface area contributed by atoms with Crippen LogP contribution in [0.3, 0.4) is 0 Å². The highest BCUT2D eigenvalue weighted by Gasteiger charge is 2.33. The number of aryl methyl sites for hydroxylation is 2. The van der Waals surface area contributed by atoms with Gasteiger partial charge in [0.05, 0.1) is 18.0 Å². The number of carbonyl (C=O) groups is 1. The van der Waals surface area contributed by atoms with Crippen LogP contribution >= 0.6 is 0 Å². The third kappa shape index (κ3) is 5.10. The minimum absolute atomic E-state index is 0.308. The van der Waals surface area contributed by atoms with Gasteiger partial charge >= 0.3 is 0 Å². The summed E-state index contributed by atoms with van der Waals surface area (Å²) in [5.41, 5.74) is 2.92. The van der Waals surface area contributed by atoms with Gasteiger partial charge in [-0.25, -0.2) is 12.8 Å². The SMILES string of the molecule is CCC(C(=O)NC(C)c1ccc(F)cc1)N(c1cc(C)ccc1C)S(C)(=O)=O. The van der Waals surface area contributed by atoms with Crippen molar-refractivity contribution in [3.63, 3.8) is 0 Å². The number of nitrogens with zero attached hydrogens (tertiary/aromatic N) is 1. The third-order valence-electron chi connectivity index (χ3n) is 4.66. The second-order valence-corrected chi connectivity index (χ2v) is 8.91. The molecule has 152 valence electrons. The van der Waals surface area contributed by atoms with Crippen molar-refractivity contribution < 1.29 is 17.6 Å². The van der Waals surface area contributed by atoms with Crippen LogP contribution in [-0.4, -0.2) is 26.6 Å². The molecule has 0 radical (unpaired) electrons. The number of rotatable bonds is 7. The van der Waals surface area contributed by atoms with Crippen molar-refractivity contribution in [2.75, 3.05) is 10.6 Å². The summed E-state index contributed by atoms with van der Waals surface area (Å²) in [4.78, 5) is 13.0. The lowest BCUT2D eigenvalue weighted by molar-refractivity contribution is -0.122. The average molecular weight is 407 g/mol. The molecule has 2 aromatic rings. The molecule has 0 heterocycles. The molecule has 0 aliphatic heterocycles. The van der Waals surface area contributed by atoms with E-state index >= 15 is 0 Å². The van der Waals surface area contributed by atoms with Gasteiger partial charge in [0.25, 0.3) is 0 Å².